The van der Waals surface area contributed by atoms with Crippen LogP contribution in [0.1, 0.15) is 150 Å². The lowest BCUT2D eigenvalue weighted by molar-refractivity contribution is -0.161. The molecule has 1 saturated heterocycles. The van der Waals surface area contributed by atoms with Gasteiger partial charge in [-0.2, -0.15) is 0 Å². The molecule has 1 aliphatic rings. The molecule has 11 amide bonds. The van der Waals surface area contributed by atoms with Gasteiger partial charge in [0.1, 0.15) is 66.5 Å². The van der Waals surface area contributed by atoms with Crippen molar-refractivity contribution in [2.24, 2.45) is 41.4 Å². The Morgan fingerprint density at radius 3 is 1.32 bits per heavy atom. The summed E-state index contributed by atoms with van der Waals surface area (Å²) in [7, 11) is 12.7. The quantitative estimate of drug-likeness (QED) is 0.162. The van der Waals surface area contributed by atoms with Crippen LogP contribution in [0.25, 0.3) is 0 Å². The number of hydrogen-bond acceptors (Lipinski definition) is 13. The Hall–Kier alpha value is -6.17. The van der Waals surface area contributed by atoms with Gasteiger partial charge in [-0.3, -0.25) is 52.7 Å². The minimum Gasteiger partial charge on any atom is -0.390 e. The zero-order valence-corrected chi connectivity index (χ0v) is 58.3. The molecular weight excluding hydrogens is 1130 g/mol. The zero-order chi connectivity index (χ0) is 68.4. The van der Waals surface area contributed by atoms with Crippen LogP contribution in [0.15, 0.2) is 12.2 Å². The molecule has 24 nitrogen and oxygen atoms in total. The smallest absolute Gasteiger partial charge is 0.248 e. The van der Waals surface area contributed by atoms with Gasteiger partial charge in [-0.25, -0.2) is 0 Å². The van der Waals surface area contributed by atoms with E-state index in [-0.39, 0.29) is 50.0 Å². The van der Waals surface area contributed by atoms with Crippen molar-refractivity contribution in [1.29, 1.82) is 0 Å². The number of ether oxygens (including phenoxy) is 1. The molecule has 504 valence electrons. The molecule has 0 aliphatic carbocycles. The highest BCUT2D eigenvalue weighted by molar-refractivity contribution is 6.00. The molecule has 24 heteroatoms. The van der Waals surface area contributed by atoms with Crippen LogP contribution in [0, 0.1) is 41.4 Å². The average molecular weight is 1250 g/mol. The van der Waals surface area contributed by atoms with Gasteiger partial charge >= 0.3 is 0 Å². The van der Waals surface area contributed by atoms with E-state index < -0.39 is 161 Å². The highest BCUT2D eigenvalue weighted by Crippen LogP contribution is 2.27. The van der Waals surface area contributed by atoms with Crippen molar-refractivity contribution < 1.29 is 62.6 Å². The van der Waals surface area contributed by atoms with E-state index in [2.05, 4.69) is 16.0 Å². The Balaban J connectivity index is 4.46. The second kappa shape index (κ2) is 35.9. The molecule has 0 bridgehead atoms. The van der Waals surface area contributed by atoms with E-state index in [1.54, 1.807) is 61.5 Å². The van der Waals surface area contributed by atoms with Gasteiger partial charge in [-0.1, -0.05) is 102 Å². The van der Waals surface area contributed by atoms with E-state index >= 15 is 19.2 Å². The molecule has 1 aliphatic heterocycles. The van der Waals surface area contributed by atoms with Crippen molar-refractivity contribution in [3.63, 3.8) is 0 Å². The third kappa shape index (κ3) is 20.7. The monoisotopic (exact) mass is 1250 g/mol. The predicted octanol–water partition coefficient (Wildman–Crippen LogP) is 3.24. The number of nitrogens with zero attached hydrogens (tertiary/aromatic N) is 8. The van der Waals surface area contributed by atoms with Crippen molar-refractivity contribution >= 4 is 65.0 Å². The largest absolute Gasteiger partial charge is 0.390 e. The molecule has 1 fully saturated rings. The first-order valence-electron chi connectivity index (χ1n) is 31.5. The van der Waals surface area contributed by atoms with E-state index in [0.717, 1.165) is 14.7 Å². The molecule has 4 N–H and O–H groups in total. The van der Waals surface area contributed by atoms with Gasteiger partial charge in [0.2, 0.25) is 65.0 Å². The predicted molar refractivity (Wildman–Crippen MR) is 339 cm³/mol. The number of aliphatic hydroxyl groups is 1. The van der Waals surface area contributed by atoms with Crippen molar-refractivity contribution in [3.8, 4) is 0 Å². The number of allylic oxidation sites excluding steroid dienone is 2. The van der Waals surface area contributed by atoms with Crippen LogP contribution in [0.3, 0.4) is 0 Å². The first-order chi connectivity index (χ1) is 40.6. The second-order valence-corrected chi connectivity index (χ2v) is 26.6. The highest BCUT2D eigenvalue weighted by Gasteiger charge is 2.47. The lowest BCUT2D eigenvalue weighted by Gasteiger charge is -2.43. The number of aliphatic hydroxyl groups excluding tert-OH is 1. The average Bonchev–Trinajstić information content (AvgIpc) is 1.37. The summed E-state index contributed by atoms with van der Waals surface area (Å²) in [4.78, 5) is 172. The Morgan fingerprint density at radius 1 is 0.455 bits per heavy atom. The summed E-state index contributed by atoms with van der Waals surface area (Å²) in [5, 5.41) is 20.5. The van der Waals surface area contributed by atoms with Crippen LogP contribution < -0.4 is 16.0 Å². The van der Waals surface area contributed by atoms with Crippen LogP contribution in [0.2, 0.25) is 0 Å². The first-order valence-corrected chi connectivity index (χ1v) is 31.5. The minimum absolute atomic E-state index is 0.00789. The van der Waals surface area contributed by atoms with E-state index in [0.29, 0.717) is 6.42 Å². The third-order valence-corrected chi connectivity index (χ3v) is 17.2. The Kier molecular flexibility index (Phi) is 32.5. The summed E-state index contributed by atoms with van der Waals surface area (Å²) in [6, 6.07) is -13.9. The Bertz CT molecular complexity index is 2420. The summed E-state index contributed by atoms with van der Waals surface area (Å²) in [6.45, 7) is 29.3. The van der Waals surface area contributed by atoms with Gasteiger partial charge in [-0.15, -0.1) is 0 Å². The molecule has 0 spiro atoms. The minimum atomic E-state index is -1.62. The normalized spacial score (nSPS) is 27.7. The fourth-order valence-electron chi connectivity index (χ4n) is 11.5. The second-order valence-electron chi connectivity index (χ2n) is 26.6. The topological polar surface area (TPSA) is 279 Å². The van der Waals surface area contributed by atoms with Crippen LogP contribution in [-0.2, 0) is 57.5 Å². The summed E-state index contributed by atoms with van der Waals surface area (Å²) in [6.07, 6.45) is 2.85. The van der Waals surface area contributed by atoms with E-state index in [1.165, 1.54) is 109 Å². The first kappa shape index (κ1) is 79.8. The molecule has 0 aromatic heterocycles. The van der Waals surface area contributed by atoms with Crippen LogP contribution in [0.4, 0.5) is 0 Å². The van der Waals surface area contributed by atoms with Crippen molar-refractivity contribution in [3.05, 3.63) is 12.2 Å². The van der Waals surface area contributed by atoms with Gasteiger partial charge in [0.25, 0.3) is 0 Å². The number of carbonyl (C=O) groups excluding carboxylic acids is 11. The molecule has 0 unspecified atom stereocenters. The molecule has 88 heavy (non-hydrogen) atoms. The molecule has 0 radical (unpaired) electrons. The van der Waals surface area contributed by atoms with Crippen molar-refractivity contribution in [2.45, 2.75) is 222 Å². The Morgan fingerprint density at radius 2 is 0.864 bits per heavy atom. The maximum absolute atomic E-state index is 15.3. The fourth-order valence-corrected chi connectivity index (χ4v) is 11.5. The molecule has 1 rings (SSSR count). The van der Waals surface area contributed by atoms with Gasteiger partial charge < -0.3 is 65.0 Å². The third-order valence-electron chi connectivity index (χ3n) is 17.2. The van der Waals surface area contributed by atoms with Gasteiger partial charge in [0.05, 0.1) is 12.7 Å². The maximum Gasteiger partial charge on any atom is 0.248 e. The number of carbonyl (C=O) groups is 11. The van der Waals surface area contributed by atoms with Crippen molar-refractivity contribution in [1.82, 2.24) is 55.1 Å². The SMILES string of the molecule is C/C=C/C[C@@H](C)[C@@H](O)[C@H]1C(=O)N(C)[C@@H](CC)C(=O)N(C)[C@H](C)C(=O)N(C)[C@@H]([C@H](C)COC)C(=O)N[C@@H](C(C)C)C(=O)N(C)[C@@H](CC(C)C)C(=O)N[C@@H](C)C(=O)N[C@H](C)C(=O)N(C)[C@@H](CC(C)C)C(=O)N(C)[C@@H](CC(C)C)C(=O)N(C)[C@@H](C(C)C)C(=O)N1C. The number of nitrogens with one attached hydrogen (secondary N) is 3. The van der Waals surface area contributed by atoms with Crippen LogP contribution in [-0.4, -0.2) is 252 Å². The Labute approximate surface area is 526 Å². The number of amides is 11. The molecule has 14 atom stereocenters. The highest BCUT2D eigenvalue weighted by atomic mass is 16.5. The van der Waals surface area contributed by atoms with Gasteiger partial charge in [0.15, 0.2) is 0 Å². The van der Waals surface area contributed by atoms with E-state index in [9.17, 15) is 38.7 Å². The van der Waals surface area contributed by atoms with Gasteiger partial charge in [-0.05, 0) is 95.3 Å². The summed E-state index contributed by atoms with van der Waals surface area (Å²) in [5.41, 5.74) is 0. The van der Waals surface area contributed by atoms with Crippen LogP contribution >= 0.6 is 0 Å². The summed E-state index contributed by atoms with van der Waals surface area (Å²) >= 11 is 0. The fraction of sp³-hybridized carbons (Fsp3) is 0.797. The molecule has 0 aromatic carbocycles. The van der Waals surface area contributed by atoms with Crippen molar-refractivity contribution in [2.75, 3.05) is 70.1 Å². The number of hydrogen-bond donors (Lipinski definition) is 4. The molecule has 1 heterocycles. The molecule has 0 saturated carbocycles. The number of methoxy groups -OCH3 is 1. The van der Waals surface area contributed by atoms with Crippen LogP contribution in [0.5, 0.6) is 0 Å². The summed E-state index contributed by atoms with van der Waals surface area (Å²) < 4.78 is 5.47. The standard InChI is InChI=1S/C64H115N11O13/c1-27-29-30-40(13)53(76)52-64(87)69(19)45(28-2)59(82)68(18)44(17)58(81)74(24)51(41(14)34-88-26)56(79)67-49(38(9)10)62(85)70(20)46(31-35(3)4)55(78)65-42(15)54(77)66-43(16)57(80)71(21)47(32-36(5)6)60(83)72(22)48(33-37(7)8)61(84)73(23)50(39(11)12)63(86)75(52)25/h27,29,35-53,76H,28,30-34H2,1-26H3,(H,65,78)(H,66,77)(H,67,79)/b29-27+/t40-,41-,42+,43-,44-,45+,46+,47+,48+,49+,50+,51+,52+,53-/m1/s1. The van der Waals surface area contributed by atoms with Gasteiger partial charge in [0, 0.05) is 69.4 Å². The van der Waals surface area contributed by atoms with E-state index in [1.807, 2.05) is 47.6 Å². The van der Waals surface area contributed by atoms with E-state index in [4.69, 9.17) is 4.74 Å². The number of likely N-dealkylation sites (N-methyl/N-ethyl adjacent to an activating group) is 8. The molecule has 0 aromatic rings. The summed E-state index contributed by atoms with van der Waals surface area (Å²) in [5.74, 6) is -10.4. The maximum atomic E-state index is 15.3. The lowest BCUT2D eigenvalue weighted by atomic mass is 9.91. The number of rotatable bonds is 16. The molecular formula is C64H115N11O13. The lowest BCUT2D eigenvalue weighted by Crippen LogP contribution is -2.64. The zero-order valence-electron chi connectivity index (χ0n) is 58.3.